The Balaban J connectivity index is 1.73. The Morgan fingerprint density at radius 2 is 2.29 bits per heavy atom. The molecule has 0 spiro atoms. The molecule has 108 valence electrons. The van der Waals surface area contributed by atoms with E-state index in [1.807, 2.05) is 35.0 Å². The first kappa shape index (κ1) is 13.7. The highest BCUT2D eigenvalue weighted by molar-refractivity contribution is 7.07. The normalized spacial score (nSPS) is 10.7. The largest absolute Gasteiger partial charge is 0.430 e. The second-order valence-electron chi connectivity index (χ2n) is 4.29. The monoisotopic (exact) mass is 302 g/mol. The van der Waals surface area contributed by atoms with Gasteiger partial charge in [-0.1, -0.05) is 6.07 Å². The molecular weight excluding hydrogens is 288 g/mol. The van der Waals surface area contributed by atoms with Gasteiger partial charge in [0.1, 0.15) is 11.6 Å². The Labute approximate surface area is 126 Å². The fraction of sp³-hybridized carbons (Fsp3) is 0.214. The van der Waals surface area contributed by atoms with Crippen LogP contribution in [0.25, 0.3) is 5.69 Å². The Morgan fingerprint density at radius 1 is 1.33 bits per heavy atom. The van der Waals surface area contributed by atoms with Gasteiger partial charge in [0.2, 0.25) is 0 Å². The molecule has 0 saturated heterocycles. The molecule has 7 heteroatoms. The van der Waals surface area contributed by atoms with Crippen LogP contribution in [0.1, 0.15) is 5.82 Å². The zero-order chi connectivity index (χ0) is 14.5. The molecule has 0 amide bonds. The van der Waals surface area contributed by atoms with E-state index in [0.29, 0.717) is 18.2 Å². The molecule has 0 N–H and O–H groups in total. The van der Waals surface area contributed by atoms with Gasteiger partial charge in [-0.2, -0.15) is 9.36 Å². The molecule has 0 atom stereocenters. The van der Waals surface area contributed by atoms with Gasteiger partial charge < -0.3 is 14.0 Å². The molecule has 0 aliphatic carbocycles. The summed E-state index contributed by atoms with van der Waals surface area (Å²) in [5, 5.41) is 0.531. The molecule has 2 aromatic heterocycles. The third kappa shape index (κ3) is 3.45. The van der Waals surface area contributed by atoms with E-state index < -0.39 is 0 Å². The molecule has 0 bridgehead atoms. The van der Waals surface area contributed by atoms with Crippen LogP contribution in [0, 0.1) is 0 Å². The predicted octanol–water partition coefficient (Wildman–Crippen LogP) is 2.71. The number of hydrogen-bond acceptors (Lipinski definition) is 6. The fourth-order valence-corrected chi connectivity index (χ4v) is 2.39. The summed E-state index contributed by atoms with van der Waals surface area (Å²) in [4.78, 5) is 8.36. The second-order valence-corrected chi connectivity index (χ2v) is 5.00. The van der Waals surface area contributed by atoms with Crippen molar-refractivity contribution >= 4 is 11.5 Å². The zero-order valence-electron chi connectivity index (χ0n) is 11.5. The molecule has 0 unspecified atom stereocenters. The topological polar surface area (TPSA) is 62.1 Å². The number of methoxy groups -OCH3 is 1. The van der Waals surface area contributed by atoms with Crippen molar-refractivity contribution in [1.82, 2.24) is 18.9 Å². The lowest BCUT2D eigenvalue weighted by Crippen LogP contribution is -1.96. The van der Waals surface area contributed by atoms with E-state index in [0.717, 1.165) is 17.3 Å². The van der Waals surface area contributed by atoms with E-state index in [1.54, 1.807) is 19.6 Å². The minimum Gasteiger partial charge on any atom is -0.430 e. The van der Waals surface area contributed by atoms with Gasteiger partial charge in [0.25, 0.3) is 5.19 Å². The molecule has 1 aromatic carbocycles. The Hall–Kier alpha value is -2.25. The highest BCUT2D eigenvalue weighted by Gasteiger charge is 2.07. The van der Waals surface area contributed by atoms with Crippen LogP contribution >= 0.6 is 11.5 Å². The lowest BCUT2D eigenvalue weighted by Gasteiger charge is -2.05. The van der Waals surface area contributed by atoms with Crippen LogP contribution in [0.4, 0.5) is 0 Å². The number of nitrogens with zero attached hydrogens (tertiary/aromatic N) is 4. The van der Waals surface area contributed by atoms with E-state index in [2.05, 4.69) is 14.3 Å². The molecule has 0 aliphatic rings. The predicted molar refractivity (Wildman–Crippen MR) is 79.1 cm³/mol. The van der Waals surface area contributed by atoms with Crippen LogP contribution in [0.3, 0.4) is 0 Å². The summed E-state index contributed by atoms with van der Waals surface area (Å²) in [6.07, 6.45) is 6.05. The van der Waals surface area contributed by atoms with Crippen LogP contribution in [0.15, 0.2) is 43.0 Å². The number of ether oxygens (including phenoxy) is 2. The van der Waals surface area contributed by atoms with Gasteiger partial charge in [-0.15, -0.1) is 0 Å². The van der Waals surface area contributed by atoms with Crippen molar-refractivity contribution in [3.05, 3.63) is 48.8 Å². The molecule has 3 rings (SSSR count). The van der Waals surface area contributed by atoms with Crippen LogP contribution < -0.4 is 4.74 Å². The van der Waals surface area contributed by atoms with E-state index in [-0.39, 0.29) is 0 Å². The molecule has 6 nitrogen and oxygen atoms in total. The van der Waals surface area contributed by atoms with E-state index in [4.69, 9.17) is 9.47 Å². The SMILES string of the molecule is COCCc1nsc(Oc2cccc(-n3ccnc3)c2)n1. The average molecular weight is 302 g/mol. The molecule has 0 radical (unpaired) electrons. The highest BCUT2D eigenvalue weighted by atomic mass is 32.1. The molecule has 21 heavy (non-hydrogen) atoms. The molecular formula is C14H14N4O2S. The highest BCUT2D eigenvalue weighted by Crippen LogP contribution is 2.25. The summed E-state index contributed by atoms with van der Waals surface area (Å²) in [6, 6.07) is 7.73. The molecule has 3 aromatic rings. The number of aromatic nitrogens is 4. The number of hydrogen-bond donors (Lipinski definition) is 0. The van der Waals surface area contributed by atoms with Gasteiger partial charge in [-0.25, -0.2) is 4.98 Å². The Kier molecular flexibility index (Phi) is 4.23. The smallest absolute Gasteiger partial charge is 0.298 e. The Bertz CT molecular complexity index is 697. The second kappa shape index (κ2) is 6.47. The summed E-state index contributed by atoms with van der Waals surface area (Å²) in [7, 11) is 1.66. The fourth-order valence-electron chi connectivity index (χ4n) is 1.79. The molecule has 2 heterocycles. The maximum atomic E-state index is 5.75. The van der Waals surface area contributed by atoms with Gasteiger partial charge in [-0.3, -0.25) is 0 Å². The summed E-state index contributed by atoms with van der Waals surface area (Å²) in [5.41, 5.74) is 0.981. The third-order valence-electron chi connectivity index (χ3n) is 2.80. The summed E-state index contributed by atoms with van der Waals surface area (Å²) < 4.78 is 16.9. The average Bonchev–Trinajstić information content (AvgIpc) is 3.17. The first-order valence-electron chi connectivity index (χ1n) is 6.43. The summed E-state index contributed by atoms with van der Waals surface area (Å²) in [6.45, 7) is 0.603. The van der Waals surface area contributed by atoms with E-state index in [1.165, 1.54) is 11.5 Å². The minimum atomic E-state index is 0.531. The van der Waals surface area contributed by atoms with Crippen molar-refractivity contribution in [2.75, 3.05) is 13.7 Å². The maximum absolute atomic E-state index is 5.75. The molecule has 0 fully saturated rings. The van der Waals surface area contributed by atoms with Gasteiger partial charge in [0.15, 0.2) is 0 Å². The third-order valence-corrected chi connectivity index (χ3v) is 3.44. The van der Waals surface area contributed by atoms with Crippen molar-refractivity contribution in [3.8, 4) is 16.6 Å². The first-order valence-corrected chi connectivity index (χ1v) is 7.20. The number of benzene rings is 1. The maximum Gasteiger partial charge on any atom is 0.298 e. The number of imidazole rings is 1. The van der Waals surface area contributed by atoms with Gasteiger partial charge in [-0.05, 0) is 12.1 Å². The van der Waals surface area contributed by atoms with E-state index >= 15 is 0 Å². The van der Waals surface area contributed by atoms with Crippen LogP contribution in [0.2, 0.25) is 0 Å². The van der Waals surface area contributed by atoms with Crippen LogP contribution in [0.5, 0.6) is 10.9 Å². The summed E-state index contributed by atoms with van der Waals surface area (Å²) in [5.74, 6) is 1.46. The quantitative estimate of drug-likeness (QED) is 0.700. The van der Waals surface area contributed by atoms with Gasteiger partial charge in [0.05, 0.1) is 18.6 Å². The van der Waals surface area contributed by atoms with Gasteiger partial charge in [0, 0.05) is 43.5 Å². The Morgan fingerprint density at radius 3 is 3.10 bits per heavy atom. The lowest BCUT2D eigenvalue weighted by atomic mass is 10.3. The van der Waals surface area contributed by atoms with Crippen LogP contribution in [-0.2, 0) is 11.2 Å². The van der Waals surface area contributed by atoms with E-state index in [9.17, 15) is 0 Å². The van der Waals surface area contributed by atoms with Crippen LogP contribution in [-0.4, -0.2) is 32.6 Å². The van der Waals surface area contributed by atoms with Crippen molar-refractivity contribution < 1.29 is 9.47 Å². The van der Waals surface area contributed by atoms with Crippen molar-refractivity contribution in [3.63, 3.8) is 0 Å². The van der Waals surface area contributed by atoms with Crippen molar-refractivity contribution in [2.24, 2.45) is 0 Å². The lowest BCUT2D eigenvalue weighted by molar-refractivity contribution is 0.200. The molecule has 0 aliphatic heterocycles. The van der Waals surface area contributed by atoms with Crippen molar-refractivity contribution in [1.29, 1.82) is 0 Å². The zero-order valence-corrected chi connectivity index (χ0v) is 12.3. The standard InChI is InChI=1S/C14H14N4O2S/c1-19-8-5-13-16-14(21-17-13)20-12-4-2-3-11(9-12)18-7-6-15-10-18/h2-4,6-7,9-10H,5,8H2,1H3. The summed E-state index contributed by atoms with van der Waals surface area (Å²) >= 11 is 1.24. The first-order chi connectivity index (χ1) is 10.3. The number of rotatable bonds is 6. The molecule has 0 saturated carbocycles. The minimum absolute atomic E-state index is 0.531. The van der Waals surface area contributed by atoms with Gasteiger partial charge >= 0.3 is 0 Å². The van der Waals surface area contributed by atoms with Crippen molar-refractivity contribution in [2.45, 2.75) is 6.42 Å².